The molecule has 1 N–H and O–H groups in total. The van der Waals surface area contributed by atoms with Crippen LogP contribution in [0.1, 0.15) is 31.7 Å². The maximum Gasteiger partial charge on any atom is 0.265 e. The molecule has 1 aliphatic rings. The number of nitrogens with one attached hydrogen (secondary N) is 1. The Morgan fingerprint density at radius 3 is 2.85 bits per heavy atom. The fraction of sp³-hybridized carbons (Fsp3) is 0.300. The van der Waals surface area contributed by atoms with Crippen molar-refractivity contribution in [2.24, 2.45) is 0 Å². The van der Waals surface area contributed by atoms with Gasteiger partial charge < -0.3 is 15.0 Å². The summed E-state index contributed by atoms with van der Waals surface area (Å²) in [6.07, 6.45) is 2.20. The largest absolute Gasteiger partial charge is 0.482 e. The summed E-state index contributed by atoms with van der Waals surface area (Å²) in [4.78, 5) is 25.8. The predicted octanol–water partition coefficient (Wildman–Crippen LogP) is 3.88. The second kappa shape index (κ2) is 7.99. The summed E-state index contributed by atoms with van der Waals surface area (Å²) < 4.78 is 19.5. The number of carbonyl (C=O) groups is 2. The predicted molar refractivity (Wildman–Crippen MR) is 97.7 cm³/mol. The van der Waals surface area contributed by atoms with E-state index in [9.17, 15) is 14.0 Å². The van der Waals surface area contributed by atoms with Crippen LogP contribution in [0.2, 0.25) is 0 Å². The number of hydrogen-bond donors (Lipinski definition) is 1. The van der Waals surface area contributed by atoms with E-state index in [1.807, 2.05) is 6.92 Å². The van der Waals surface area contributed by atoms with E-state index >= 15 is 0 Å². The molecular weight excluding hydrogens is 335 g/mol. The van der Waals surface area contributed by atoms with E-state index in [4.69, 9.17) is 4.74 Å². The highest BCUT2D eigenvalue weighted by molar-refractivity contribution is 5.99. The zero-order valence-corrected chi connectivity index (χ0v) is 14.6. The molecular formula is C20H21FN2O3. The van der Waals surface area contributed by atoms with Crippen molar-refractivity contribution in [2.75, 3.05) is 16.8 Å². The third-order valence-electron chi connectivity index (χ3n) is 4.23. The van der Waals surface area contributed by atoms with E-state index in [2.05, 4.69) is 5.32 Å². The molecule has 1 heterocycles. The molecule has 0 saturated carbocycles. The molecule has 0 spiro atoms. The van der Waals surface area contributed by atoms with Crippen molar-refractivity contribution in [1.82, 2.24) is 0 Å². The summed E-state index contributed by atoms with van der Waals surface area (Å²) in [7, 11) is 0. The van der Waals surface area contributed by atoms with Crippen molar-refractivity contribution in [3.8, 4) is 5.75 Å². The van der Waals surface area contributed by atoms with Gasteiger partial charge in [-0.1, -0.05) is 31.5 Å². The van der Waals surface area contributed by atoms with Crippen molar-refractivity contribution in [3.63, 3.8) is 0 Å². The number of nitrogens with zero attached hydrogens (tertiary/aromatic N) is 1. The monoisotopic (exact) mass is 356 g/mol. The lowest BCUT2D eigenvalue weighted by Crippen LogP contribution is -2.38. The Morgan fingerprint density at radius 2 is 2.08 bits per heavy atom. The molecule has 0 atom stereocenters. The van der Waals surface area contributed by atoms with E-state index < -0.39 is 0 Å². The summed E-state index contributed by atoms with van der Waals surface area (Å²) in [5, 5.41) is 2.83. The Kier molecular flexibility index (Phi) is 5.51. The lowest BCUT2D eigenvalue weighted by molar-refractivity contribution is -0.121. The number of carbonyl (C=O) groups excluding carboxylic acids is 2. The SMILES string of the molecule is CCCCC(=O)Nc1ccc2c(c1)N(Cc1ccccc1F)C(=O)CO2. The first-order valence-electron chi connectivity index (χ1n) is 8.69. The molecule has 0 bridgehead atoms. The third-order valence-corrected chi connectivity index (χ3v) is 4.23. The Morgan fingerprint density at radius 1 is 1.27 bits per heavy atom. The first-order chi connectivity index (χ1) is 12.6. The minimum absolute atomic E-state index is 0.0736. The molecule has 0 saturated heterocycles. The Balaban J connectivity index is 1.85. The number of anilines is 2. The smallest absolute Gasteiger partial charge is 0.265 e. The van der Waals surface area contributed by atoms with Gasteiger partial charge in [0.1, 0.15) is 11.6 Å². The summed E-state index contributed by atoms with van der Waals surface area (Å²) in [5.74, 6) is -0.157. The summed E-state index contributed by atoms with van der Waals surface area (Å²) in [6, 6.07) is 11.5. The zero-order valence-electron chi connectivity index (χ0n) is 14.6. The number of benzene rings is 2. The van der Waals surface area contributed by atoms with E-state index in [0.717, 1.165) is 12.8 Å². The van der Waals surface area contributed by atoms with Crippen LogP contribution in [0.4, 0.5) is 15.8 Å². The minimum atomic E-state index is -0.364. The molecule has 0 aromatic heterocycles. The third kappa shape index (κ3) is 4.02. The first-order valence-corrected chi connectivity index (χ1v) is 8.69. The van der Waals surface area contributed by atoms with Crippen LogP contribution >= 0.6 is 0 Å². The zero-order chi connectivity index (χ0) is 18.5. The van der Waals surface area contributed by atoms with Crippen LogP contribution in [-0.4, -0.2) is 18.4 Å². The van der Waals surface area contributed by atoms with Gasteiger partial charge in [0, 0.05) is 17.7 Å². The van der Waals surface area contributed by atoms with Gasteiger partial charge in [0.05, 0.1) is 12.2 Å². The van der Waals surface area contributed by atoms with Crippen LogP contribution in [0.5, 0.6) is 5.75 Å². The van der Waals surface area contributed by atoms with Gasteiger partial charge >= 0.3 is 0 Å². The Hall–Kier alpha value is -2.89. The van der Waals surface area contributed by atoms with Crippen LogP contribution in [0.15, 0.2) is 42.5 Å². The molecule has 2 amide bonds. The van der Waals surface area contributed by atoms with Gasteiger partial charge in [-0.25, -0.2) is 4.39 Å². The molecule has 0 fully saturated rings. The number of unbranched alkanes of at least 4 members (excludes halogenated alkanes) is 1. The van der Waals surface area contributed by atoms with Crippen LogP contribution in [0.25, 0.3) is 0 Å². The lowest BCUT2D eigenvalue weighted by Gasteiger charge is -2.30. The Bertz CT molecular complexity index is 822. The topological polar surface area (TPSA) is 58.6 Å². The lowest BCUT2D eigenvalue weighted by atomic mass is 10.1. The summed E-state index contributed by atoms with van der Waals surface area (Å²) in [5.41, 5.74) is 1.53. The second-order valence-corrected chi connectivity index (χ2v) is 6.19. The van der Waals surface area contributed by atoms with Gasteiger partial charge in [-0.2, -0.15) is 0 Å². The van der Waals surface area contributed by atoms with Gasteiger partial charge in [-0.3, -0.25) is 9.59 Å². The standard InChI is InChI=1S/C20H21FN2O3/c1-2-3-8-19(24)22-15-9-10-18-17(11-15)23(20(25)13-26-18)12-14-6-4-5-7-16(14)21/h4-7,9-11H,2-3,8,12-13H2,1H3,(H,22,24). The molecule has 3 rings (SSSR count). The van der Waals surface area contributed by atoms with Crippen molar-refractivity contribution in [2.45, 2.75) is 32.7 Å². The van der Waals surface area contributed by atoms with Crippen LogP contribution in [-0.2, 0) is 16.1 Å². The fourth-order valence-electron chi connectivity index (χ4n) is 2.81. The summed E-state index contributed by atoms with van der Waals surface area (Å²) >= 11 is 0. The average Bonchev–Trinajstić information content (AvgIpc) is 2.64. The van der Waals surface area contributed by atoms with Crippen LogP contribution < -0.4 is 15.0 Å². The van der Waals surface area contributed by atoms with Crippen molar-refractivity contribution in [3.05, 3.63) is 53.8 Å². The number of ether oxygens (including phenoxy) is 1. The summed E-state index contributed by atoms with van der Waals surface area (Å²) in [6.45, 7) is 2.04. The highest BCUT2D eigenvalue weighted by Gasteiger charge is 2.26. The van der Waals surface area contributed by atoms with Crippen LogP contribution in [0.3, 0.4) is 0 Å². The first kappa shape index (κ1) is 17.9. The molecule has 26 heavy (non-hydrogen) atoms. The molecule has 1 aliphatic heterocycles. The van der Waals surface area contributed by atoms with Gasteiger partial charge in [-0.05, 0) is 30.7 Å². The normalized spacial score (nSPS) is 13.2. The molecule has 136 valence electrons. The van der Waals surface area contributed by atoms with Crippen molar-refractivity contribution < 1.29 is 18.7 Å². The van der Waals surface area contributed by atoms with Crippen LogP contribution in [0, 0.1) is 5.82 Å². The minimum Gasteiger partial charge on any atom is -0.482 e. The number of hydrogen-bond acceptors (Lipinski definition) is 3. The number of halogens is 1. The molecule has 2 aromatic rings. The van der Waals surface area contributed by atoms with Gasteiger partial charge in [0.25, 0.3) is 5.91 Å². The second-order valence-electron chi connectivity index (χ2n) is 6.19. The van der Waals surface area contributed by atoms with Crippen molar-refractivity contribution in [1.29, 1.82) is 0 Å². The average molecular weight is 356 g/mol. The van der Waals surface area contributed by atoms with E-state index in [-0.39, 0.29) is 30.8 Å². The van der Waals surface area contributed by atoms with Gasteiger partial charge in [-0.15, -0.1) is 0 Å². The number of amides is 2. The Labute approximate surface area is 151 Å². The van der Waals surface area contributed by atoms with Gasteiger partial charge in [0.15, 0.2) is 6.61 Å². The van der Waals surface area contributed by atoms with E-state index in [1.54, 1.807) is 36.4 Å². The molecule has 0 aliphatic carbocycles. The van der Waals surface area contributed by atoms with Gasteiger partial charge in [0.2, 0.25) is 5.91 Å². The molecule has 0 unspecified atom stereocenters. The van der Waals surface area contributed by atoms with E-state index in [0.29, 0.717) is 29.1 Å². The maximum atomic E-state index is 14.0. The van der Waals surface area contributed by atoms with Crippen molar-refractivity contribution >= 4 is 23.2 Å². The molecule has 0 radical (unpaired) electrons. The van der Waals surface area contributed by atoms with E-state index in [1.165, 1.54) is 11.0 Å². The quantitative estimate of drug-likeness (QED) is 0.854. The maximum absolute atomic E-state index is 14.0. The molecule has 2 aromatic carbocycles. The molecule has 5 nitrogen and oxygen atoms in total. The highest BCUT2D eigenvalue weighted by atomic mass is 19.1. The fourth-order valence-corrected chi connectivity index (χ4v) is 2.81. The molecule has 6 heteroatoms. The number of fused-ring (bicyclic) bond motifs is 1. The highest BCUT2D eigenvalue weighted by Crippen LogP contribution is 2.35. The number of rotatable bonds is 6.